The topological polar surface area (TPSA) is 19.6 Å². The predicted octanol–water partition coefficient (Wildman–Crippen LogP) is 21.6. The van der Waals surface area contributed by atoms with Gasteiger partial charge in [-0.15, -0.1) is 0 Å². The first kappa shape index (κ1) is 50.0. The molecule has 0 radical (unpaired) electrons. The van der Waals surface area contributed by atoms with Gasteiger partial charge in [-0.3, -0.25) is 0 Å². The molecule has 2 aliphatic rings. The Balaban J connectivity index is 1.12. The van der Waals surface area contributed by atoms with Gasteiger partial charge in [0.05, 0.1) is 27.9 Å². The summed E-state index contributed by atoms with van der Waals surface area (Å²) in [6.07, 6.45) is 0. The highest BCUT2D eigenvalue weighted by Gasteiger charge is 2.54. The molecule has 2 aliphatic carbocycles. The lowest BCUT2D eigenvalue weighted by Gasteiger charge is -2.34. The van der Waals surface area contributed by atoms with E-state index < -0.39 is 5.41 Å². The van der Waals surface area contributed by atoms with E-state index in [2.05, 4.69) is 284 Å². The van der Waals surface area contributed by atoms with Crippen LogP contribution in [0.4, 0.5) is 38.5 Å². The number of aryl methyl sites for hydroxylation is 2. The highest BCUT2D eigenvalue weighted by Crippen LogP contribution is 2.66. The molecule has 394 valence electrons. The molecule has 1 atom stereocenters. The molecule has 4 heteroatoms. The van der Waals surface area contributed by atoms with Gasteiger partial charge in [0.1, 0.15) is 17.0 Å². The minimum atomic E-state index is -0.995. The number of benzene rings is 11. The Hall–Kier alpha value is -9.25. The van der Waals surface area contributed by atoms with Crippen LogP contribution in [-0.2, 0) is 16.2 Å². The molecule has 1 unspecified atom stereocenters. The van der Waals surface area contributed by atoms with Crippen LogP contribution in [0.5, 0.6) is 0 Å². The Morgan fingerprint density at radius 1 is 0.383 bits per heavy atom. The second-order valence-corrected chi connectivity index (χ2v) is 24.4. The van der Waals surface area contributed by atoms with Crippen LogP contribution in [0.25, 0.3) is 66.4 Å². The van der Waals surface area contributed by atoms with Crippen LogP contribution < -0.4 is 9.80 Å². The zero-order chi connectivity index (χ0) is 55.5. The first-order valence-corrected chi connectivity index (χ1v) is 28.3. The van der Waals surface area contributed by atoms with Gasteiger partial charge < -0.3 is 14.2 Å². The number of halogens is 1. The van der Waals surface area contributed by atoms with Crippen LogP contribution in [0.15, 0.2) is 241 Å². The van der Waals surface area contributed by atoms with Gasteiger partial charge in [-0.1, -0.05) is 204 Å². The van der Waals surface area contributed by atoms with Crippen molar-refractivity contribution in [3.63, 3.8) is 0 Å². The minimum Gasteiger partial charge on any atom is -0.455 e. The van der Waals surface area contributed by atoms with E-state index in [9.17, 15) is 0 Å². The number of furan rings is 1. The molecule has 12 aromatic rings. The second kappa shape index (κ2) is 18.7. The molecule has 3 nitrogen and oxygen atoms in total. The highest BCUT2D eigenvalue weighted by molar-refractivity contribution is 6.20. The van der Waals surface area contributed by atoms with Crippen molar-refractivity contribution in [2.45, 2.75) is 71.6 Å². The zero-order valence-corrected chi connectivity index (χ0v) is 47.2. The van der Waals surface area contributed by atoms with E-state index in [-0.39, 0.29) is 16.6 Å². The minimum absolute atomic E-state index is 0.0401. The Morgan fingerprint density at radius 2 is 0.889 bits per heavy atom. The summed E-state index contributed by atoms with van der Waals surface area (Å²) >= 11 is 0. The van der Waals surface area contributed by atoms with Crippen molar-refractivity contribution >= 4 is 56.1 Å². The van der Waals surface area contributed by atoms with E-state index in [1.165, 1.54) is 22.3 Å². The molecule has 0 aliphatic heterocycles. The number of hydrogen-bond donors (Lipinski definition) is 0. The maximum Gasteiger partial charge on any atom is 0.145 e. The summed E-state index contributed by atoms with van der Waals surface area (Å²) in [7, 11) is 0. The van der Waals surface area contributed by atoms with Crippen LogP contribution in [0, 0.1) is 19.7 Å². The van der Waals surface area contributed by atoms with Gasteiger partial charge in [-0.05, 0) is 171 Å². The molecule has 1 heterocycles. The van der Waals surface area contributed by atoms with Crippen LogP contribution >= 0.6 is 0 Å². The van der Waals surface area contributed by atoms with Crippen molar-refractivity contribution in [1.29, 1.82) is 0 Å². The maximum absolute atomic E-state index is 16.7. The SMILES string of the molecule is Cc1ccc(N(c2ccc(C(C)(C)C)cc2)c2ccc3c(c2)C2(c4ccccc4-c4ccc(F)cc42)c2cc(N(c4ccc(C(C)(C)C)cc4)c4ccc(C)cc4-c4ccccc4)c4c(oc5ccccc54)c2-3)c(-c2ccccc2)c1. The van der Waals surface area contributed by atoms with Crippen LogP contribution in [0.3, 0.4) is 0 Å². The van der Waals surface area contributed by atoms with E-state index in [1.807, 2.05) is 6.07 Å². The van der Waals surface area contributed by atoms with Crippen LogP contribution in [0.2, 0.25) is 0 Å². The van der Waals surface area contributed by atoms with E-state index in [1.54, 1.807) is 12.1 Å². The molecule has 11 aromatic carbocycles. The van der Waals surface area contributed by atoms with Crippen molar-refractivity contribution in [2.24, 2.45) is 0 Å². The maximum atomic E-state index is 16.7. The molecular weight excluding hydrogens is 988 g/mol. The first-order valence-electron chi connectivity index (χ1n) is 28.3. The molecule has 1 aromatic heterocycles. The fraction of sp³-hybridized carbons (Fsp3) is 0.143. The summed E-state index contributed by atoms with van der Waals surface area (Å²) in [5.74, 6) is -0.280. The summed E-state index contributed by atoms with van der Waals surface area (Å²) in [6, 6.07) is 85.3. The summed E-state index contributed by atoms with van der Waals surface area (Å²) < 4.78 is 24.2. The molecule has 81 heavy (non-hydrogen) atoms. The Bertz CT molecular complexity index is 4440. The predicted molar refractivity (Wildman–Crippen MR) is 337 cm³/mol. The lowest BCUT2D eigenvalue weighted by Crippen LogP contribution is -2.27. The third-order valence-corrected chi connectivity index (χ3v) is 17.2. The molecule has 0 N–H and O–H groups in total. The average molecular weight is 1050 g/mol. The normalized spacial score (nSPS) is 14.3. The fourth-order valence-corrected chi connectivity index (χ4v) is 13.2. The van der Waals surface area contributed by atoms with Crippen molar-refractivity contribution < 1.29 is 8.81 Å². The van der Waals surface area contributed by atoms with Crippen molar-refractivity contribution in [2.75, 3.05) is 9.80 Å². The molecular formula is C77H63FN2O. The van der Waals surface area contributed by atoms with E-state index in [4.69, 9.17) is 4.42 Å². The third-order valence-electron chi connectivity index (χ3n) is 17.2. The summed E-state index contributed by atoms with van der Waals surface area (Å²) in [5, 5.41) is 2.03. The molecule has 0 bridgehead atoms. The van der Waals surface area contributed by atoms with Gasteiger partial charge in [-0.25, -0.2) is 4.39 Å². The van der Waals surface area contributed by atoms with Gasteiger partial charge in [0.25, 0.3) is 0 Å². The van der Waals surface area contributed by atoms with Crippen molar-refractivity contribution in [3.05, 3.63) is 287 Å². The summed E-state index contributed by atoms with van der Waals surface area (Å²) in [5.41, 5.74) is 24.2. The fourth-order valence-electron chi connectivity index (χ4n) is 13.2. The highest BCUT2D eigenvalue weighted by atomic mass is 19.1. The number of anilines is 6. The van der Waals surface area contributed by atoms with E-state index in [0.29, 0.717) is 0 Å². The van der Waals surface area contributed by atoms with Crippen LogP contribution in [0.1, 0.15) is 86.1 Å². The molecule has 0 saturated heterocycles. The Labute approximate surface area is 475 Å². The third kappa shape index (κ3) is 7.98. The number of nitrogens with zero attached hydrogens (tertiary/aromatic N) is 2. The lowest BCUT2D eigenvalue weighted by molar-refractivity contribution is 0.590. The van der Waals surface area contributed by atoms with Gasteiger partial charge in [0.2, 0.25) is 0 Å². The number of para-hydroxylation sites is 1. The quantitative estimate of drug-likeness (QED) is 0.151. The molecule has 0 fully saturated rings. The standard InChI is InChI=1S/C77H63FN2O/c1-48-27-41-68(62(43-48)50-19-11-9-12-20-50)79(55-34-29-52(30-35-55)75(3,4)5)57-38-40-60-66(46-57)77(64-25-17-15-23-58(64)59-39-33-54(78)45-65(59)77)67-47-70(73-61-24-16-18-26-71(61)81-74(73)72(60)67)80(56-36-31-53(32-37-56)76(6,7)8)69-42-28-49(2)44-63(69)51-21-13-10-14-22-51/h9-47H,1-8H3. The molecule has 14 rings (SSSR count). The van der Waals surface area contributed by atoms with Crippen molar-refractivity contribution in [1.82, 2.24) is 0 Å². The Morgan fingerprint density at radius 3 is 1.51 bits per heavy atom. The molecule has 0 amide bonds. The largest absolute Gasteiger partial charge is 0.455 e. The molecule has 0 saturated carbocycles. The van der Waals surface area contributed by atoms with E-state index in [0.717, 1.165) is 123 Å². The van der Waals surface area contributed by atoms with Crippen LogP contribution in [-0.4, -0.2) is 0 Å². The van der Waals surface area contributed by atoms with Gasteiger partial charge >= 0.3 is 0 Å². The second-order valence-electron chi connectivity index (χ2n) is 24.4. The number of rotatable bonds is 8. The summed E-state index contributed by atoms with van der Waals surface area (Å²) in [4.78, 5) is 4.88. The van der Waals surface area contributed by atoms with Gasteiger partial charge in [0.15, 0.2) is 0 Å². The van der Waals surface area contributed by atoms with Crippen molar-refractivity contribution in [3.8, 4) is 44.5 Å². The summed E-state index contributed by atoms with van der Waals surface area (Å²) in [6.45, 7) is 17.9. The first-order chi connectivity index (χ1) is 39.2. The van der Waals surface area contributed by atoms with Gasteiger partial charge in [0, 0.05) is 39.1 Å². The molecule has 1 spiro atoms. The smallest absolute Gasteiger partial charge is 0.145 e. The number of fused-ring (bicyclic) bond motifs is 14. The van der Waals surface area contributed by atoms with E-state index >= 15 is 4.39 Å². The monoisotopic (exact) mass is 1050 g/mol. The lowest BCUT2D eigenvalue weighted by atomic mass is 9.70. The zero-order valence-electron chi connectivity index (χ0n) is 47.2. The average Bonchev–Trinajstić information content (AvgIpc) is 1.89. The Kier molecular flexibility index (Phi) is 11.5. The number of hydrogen-bond acceptors (Lipinski definition) is 3. The van der Waals surface area contributed by atoms with Gasteiger partial charge in [-0.2, -0.15) is 0 Å².